The average Bonchev–Trinajstić information content (AvgIpc) is 2.77. The van der Waals surface area contributed by atoms with Gasteiger partial charge in [-0.05, 0) is 24.8 Å². The van der Waals surface area contributed by atoms with Gasteiger partial charge >= 0.3 is 5.97 Å². The van der Waals surface area contributed by atoms with Gasteiger partial charge in [0.15, 0.2) is 5.96 Å². The smallest absolute Gasteiger partial charge is 0.322 e. The van der Waals surface area contributed by atoms with Gasteiger partial charge in [0.25, 0.3) is 0 Å². The van der Waals surface area contributed by atoms with E-state index in [4.69, 9.17) is 22.3 Å². The van der Waals surface area contributed by atoms with Crippen molar-refractivity contribution in [2.45, 2.75) is 37.4 Å². The Morgan fingerprint density at radius 3 is 2.18 bits per heavy atom. The van der Waals surface area contributed by atoms with E-state index < -0.39 is 55.0 Å². The van der Waals surface area contributed by atoms with Crippen LogP contribution in [0.4, 0.5) is 0 Å². The molecule has 0 spiro atoms. The van der Waals surface area contributed by atoms with Gasteiger partial charge < -0.3 is 43.4 Å². The van der Waals surface area contributed by atoms with Gasteiger partial charge in [-0.25, -0.2) is 0 Å². The fourth-order valence-corrected chi connectivity index (χ4v) is 2.76. The topological polar surface area (TPSA) is 235 Å². The van der Waals surface area contributed by atoms with Crippen LogP contribution in [0.5, 0.6) is 0 Å². The predicted octanol–water partition coefficient (Wildman–Crippen LogP) is -3.23. The number of aliphatic hydroxyl groups excluding tert-OH is 1. The van der Waals surface area contributed by atoms with E-state index in [2.05, 4.69) is 20.9 Å². The quantitative estimate of drug-likeness (QED) is 0.0782. The third-order valence-electron chi connectivity index (χ3n) is 4.44. The second-order valence-electron chi connectivity index (χ2n) is 7.16. The summed E-state index contributed by atoms with van der Waals surface area (Å²) in [5.74, 6) is -3.65. The first-order valence-corrected chi connectivity index (χ1v) is 10.2. The Labute approximate surface area is 190 Å². The van der Waals surface area contributed by atoms with Gasteiger partial charge in [-0.1, -0.05) is 30.3 Å². The SMILES string of the molecule is NC(N)=NCCCC(NC(=O)C(CO)NC(=O)C(N)Cc1ccccc1)C(=O)NCC(=O)O. The minimum atomic E-state index is -1.37. The van der Waals surface area contributed by atoms with Crippen LogP contribution in [-0.4, -0.2) is 77.7 Å². The number of aliphatic hydroxyl groups is 1. The lowest BCUT2D eigenvalue weighted by Crippen LogP contribution is -2.57. The van der Waals surface area contributed by atoms with Crippen LogP contribution >= 0.6 is 0 Å². The number of carboxylic acids is 1. The van der Waals surface area contributed by atoms with Crippen molar-refractivity contribution >= 4 is 29.7 Å². The van der Waals surface area contributed by atoms with E-state index in [0.29, 0.717) is 6.42 Å². The van der Waals surface area contributed by atoms with Crippen molar-refractivity contribution in [2.24, 2.45) is 22.2 Å². The summed E-state index contributed by atoms with van der Waals surface area (Å²) in [7, 11) is 0. The molecule has 0 saturated heterocycles. The maximum Gasteiger partial charge on any atom is 0.322 e. The van der Waals surface area contributed by atoms with Crippen LogP contribution in [0.25, 0.3) is 0 Å². The van der Waals surface area contributed by atoms with Gasteiger partial charge in [0.05, 0.1) is 12.6 Å². The molecule has 1 rings (SSSR count). The predicted molar refractivity (Wildman–Crippen MR) is 120 cm³/mol. The van der Waals surface area contributed by atoms with Crippen molar-refractivity contribution in [3.63, 3.8) is 0 Å². The molecule has 0 radical (unpaired) electrons. The molecule has 13 heteroatoms. The zero-order chi connectivity index (χ0) is 24.8. The van der Waals surface area contributed by atoms with E-state index in [-0.39, 0.29) is 25.3 Å². The van der Waals surface area contributed by atoms with E-state index >= 15 is 0 Å². The number of aliphatic imine (C=N–C) groups is 1. The third-order valence-corrected chi connectivity index (χ3v) is 4.44. The molecule has 0 heterocycles. The highest BCUT2D eigenvalue weighted by atomic mass is 16.4. The van der Waals surface area contributed by atoms with E-state index in [1.807, 2.05) is 6.07 Å². The lowest BCUT2D eigenvalue weighted by atomic mass is 10.1. The highest BCUT2D eigenvalue weighted by Crippen LogP contribution is 2.03. The number of nitrogens with two attached hydrogens (primary N) is 3. The number of nitrogens with zero attached hydrogens (tertiary/aromatic N) is 1. The number of rotatable bonds is 14. The van der Waals surface area contributed by atoms with Gasteiger partial charge in [0.1, 0.15) is 18.6 Å². The number of hydrogen-bond acceptors (Lipinski definition) is 7. The Morgan fingerprint density at radius 2 is 1.61 bits per heavy atom. The zero-order valence-electron chi connectivity index (χ0n) is 18.1. The molecular formula is C20H31N7O6. The lowest BCUT2D eigenvalue weighted by Gasteiger charge is -2.23. The summed E-state index contributed by atoms with van der Waals surface area (Å²) in [5, 5.41) is 25.3. The van der Waals surface area contributed by atoms with Crippen molar-refractivity contribution < 1.29 is 29.4 Å². The summed E-state index contributed by atoms with van der Waals surface area (Å²) in [6.45, 7) is -1.21. The van der Waals surface area contributed by atoms with Crippen LogP contribution in [0, 0.1) is 0 Å². The highest BCUT2D eigenvalue weighted by Gasteiger charge is 2.27. The van der Waals surface area contributed by atoms with Crippen molar-refractivity contribution in [1.29, 1.82) is 0 Å². The molecule has 0 aliphatic rings. The Bertz CT molecular complexity index is 829. The molecule has 3 atom stereocenters. The van der Waals surface area contributed by atoms with Crippen LogP contribution in [-0.2, 0) is 25.6 Å². The molecule has 1 aromatic rings. The van der Waals surface area contributed by atoms with E-state index in [9.17, 15) is 24.3 Å². The molecule has 3 amide bonds. The molecule has 0 fully saturated rings. The van der Waals surface area contributed by atoms with Gasteiger partial charge in [-0.15, -0.1) is 0 Å². The van der Waals surface area contributed by atoms with E-state index in [1.165, 1.54) is 0 Å². The van der Waals surface area contributed by atoms with Crippen LogP contribution in [0.3, 0.4) is 0 Å². The molecule has 13 nitrogen and oxygen atoms in total. The molecule has 0 bridgehead atoms. The molecule has 1 aromatic carbocycles. The first-order valence-electron chi connectivity index (χ1n) is 10.2. The number of carbonyl (C=O) groups excluding carboxylic acids is 3. The molecule has 0 aliphatic carbocycles. The molecule has 3 unspecified atom stereocenters. The number of carboxylic acid groups (broad SMARTS) is 1. The standard InChI is InChI=1S/C20H31N7O6/c21-13(9-12-5-2-1-3-6-12)17(31)27-15(11-28)19(33)26-14(7-4-8-24-20(22)23)18(32)25-10-16(29)30/h1-3,5-6,13-15,28H,4,7-11,21H2,(H,25,32)(H,26,33)(H,27,31)(H,29,30)(H4,22,23,24). The first-order chi connectivity index (χ1) is 15.6. The third kappa shape index (κ3) is 10.9. The Hall–Kier alpha value is -3.71. The summed E-state index contributed by atoms with van der Waals surface area (Å²) in [6.07, 6.45) is 0.590. The van der Waals surface area contributed by atoms with Crippen molar-refractivity contribution in [2.75, 3.05) is 19.7 Å². The number of amides is 3. The number of aliphatic carboxylic acids is 1. The van der Waals surface area contributed by atoms with Gasteiger partial charge in [-0.3, -0.25) is 24.2 Å². The molecule has 0 aliphatic heterocycles. The van der Waals surface area contributed by atoms with Crippen molar-refractivity contribution in [1.82, 2.24) is 16.0 Å². The van der Waals surface area contributed by atoms with Crippen LogP contribution in [0.15, 0.2) is 35.3 Å². The Balaban J connectivity index is 2.74. The van der Waals surface area contributed by atoms with Crippen LogP contribution in [0.1, 0.15) is 18.4 Å². The fourth-order valence-electron chi connectivity index (χ4n) is 2.76. The summed E-state index contributed by atoms with van der Waals surface area (Å²) in [4.78, 5) is 51.8. The van der Waals surface area contributed by atoms with Crippen LogP contribution in [0.2, 0.25) is 0 Å². The largest absolute Gasteiger partial charge is 0.480 e. The summed E-state index contributed by atoms with van der Waals surface area (Å²) < 4.78 is 0. The average molecular weight is 466 g/mol. The van der Waals surface area contributed by atoms with Crippen molar-refractivity contribution in [3.05, 3.63) is 35.9 Å². The van der Waals surface area contributed by atoms with Gasteiger partial charge in [0.2, 0.25) is 17.7 Å². The Kier molecular flexibility index (Phi) is 11.9. The number of benzene rings is 1. The fraction of sp³-hybridized carbons (Fsp3) is 0.450. The van der Waals surface area contributed by atoms with Crippen LogP contribution < -0.4 is 33.2 Å². The number of carbonyl (C=O) groups is 4. The monoisotopic (exact) mass is 465 g/mol. The van der Waals surface area contributed by atoms with E-state index in [1.54, 1.807) is 24.3 Å². The van der Waals surface area contributed by atoms with E-state index in [0.717, 1.165) is 5.56 Å². The number of guanidine groups is 1. The second-order valence-corrected chi connectivity index (χ2v) is 7.16. The van der Waals surface area contributed by atoms with Gasteiger partial charge in [0, 0.05) is 6.54 Å². The Morgan fingerprint density at radius 1 is 0.970 bits per heavy atom. The number of nitrogens with one attached hydrogen (secondary N) is 3. The second kappa shape index (κ2) is 14.4. The molecule has 0 aromatic heterocycles. The summed E-state index contributed by atoms with van der Waals surface area (Å²) in [5.41, 5.74) is 17.2. The number of hydrogen-bond donors (Lipinski definition) is 8. The molecular weight excluding hydrogens is 434 g/mol. The molecule has 182 valence electrons. The maximum absolute atomic E-state index is 12.6. The highest BCUT2D eigenvalue weighted by molar-refractivity contribution is 5.93. The lowest BCUT2D eigenvalue weighted by molar-refractivity contribution is -0.138. The summed E-state index contributed by atoms with van der Waals surface area (Å²) in [6, 6.07) is 5.53. The zero-order valence-corrected chi connectivity index (χ0v) is 18.1. The summed E-state index contributed by atoms with van der Waals surface area (Å²) >= 11 is 0. The minimum Gasteiger partial charge on any atom is -0.480 e. The van der Waals surface area contributed by atoms with Crippen molar-refractivity contribution in [3.8, 4) is 0 Å². The molecule has 11 N–H and O–H groups in total. The molecule has 0 saturated carbocycles. The van der Waals surface area contributed by atoms with Gasteiger partial charge in [-0.2, -0.15) is 0 Å². The normalized spacial score (nSPS) is 13.2. The first kappa shape index (κ1) is 27.3. The maximum atomic E-state index is 12.6. The molecule has 33 heavy (non-hydrogen) atoms. The minimum absolute atomic E-state index is 0.0770.